The van der Waals surface area contributed by atoms with Crippen LogP contribution in [-0.4, -0.2) is 52.8 Å². The van der Waals surface area contributed by atoms with Crippen LogP contribution in [0.25, 0.3) is 0 Å². The van der Waals surface area contributed by atoms with Gasteiger partial charge in [0.25, 0.3) is 5.91 Å². The van der Waals surface area contributed by atoms with Gasteiger partial charge < -0.3 is 20.5 Å². The number of halogens is 6. The molecular weight excluding hydrogens is 514 g/mol. The minimum absolute atomic E-state index is 0.113. The highest BCUT2D eigenvalue weighted by Gasteiger charge is 2.59. The third kappa shape index (κ3) is 5.19. The Kier molecular flexibility index (Phi) is 7.28. The van der Waals surface area contributed by atoms with Crippen molar-refractivity contribution in [3.63, 3.8) is 0 Å². The Morgan fingerprint density at radius 3 is 2.72 bits per heavy atom. The first-order valence-corrected chi connectivity index (χ1v) is 11.8. The lowest BCUT2D eigenvalue weighted by atomic mass is 9.65. The number of carbonyl (C=O) groups is 1. The molecule has 1 saturated heterocycles. The van der Waals surface area contributed by atoms with Gasteiger partial charge in [-0.05, 0) is 36.6 Å². The van der Waals surface area contributed by atoms with Crippen molar-refractivity contribution in [2.45, 2.75) is 37.8 Å². The number of ether oxygens (including phenoxy) is 2. The van der Waals surface area contributed by atoms with E-state index in [1.165, 1.54) is 12.1 Å². The van der Waals surface area contributed by atoms with Crippen molar-refractivity contribution < 1.29 is 40.6 Å². The number of aromatic nitrogens is 1. The molecule has 1 aromatic heterocycles. The smallest absolute Gasteiger partial charge is 0.414 e. The van der Waals surface area contributed by atoms with Gasteiger partial charge in [0.2, 0.25) is 0 Å². The molecule has 3 N–H and O–H groups in total. The first-order chi connectivity index (χ1) is 16.9. The summed E-state index contributed by atoms with van der Waals surface area (Å²) >= 11 is 1.11. The average molecular weight is 536 g/mol. The molecule has 4 rings (SSSR count). The first-order valence-electron chi connectivity index (χ1n) is 10.9. The van der Waals surface area contributed by atoms with E-state index in [-0.39, 0.29) is 28.1 Å². The van der Waals surface area contributed by atoms with E-state index in [1.807, 2.05) is 0 Å². The SMILES string of the molecule is CC1C(NC(=O)c2ccc(OC(F)F)cn2)=CC=C(F)C1C12COC(C(F)(F)F)CC1CSC(N)=N2. The summed E-state index contributed by atoms with van der Waals surface area (Å²) in [6.07, 6.45) is -3.53. The maximum atomic E-state index is 15.3. The molecule has 0 aromatic carbocycles. The number of nitrogens with zero attached hydrogens (tertiary/aromatic N) is 2. The summed E-state index contributed by atoms with van der Waals surface area (Å²) < 4.78 is 89.4. The predicted octanol–water partition coefficient (Wildman–Crippen LogP) is 4.18. The van der Waals surface area contributed by atoms with Gasteiger partial charge in [-0.25, -0.2) is 9.37 Å². The summed E-state index contributed by atoms with van der Waals surface area (Å²) in [5.41, 5.74) is 4.69. The van der Waals surface area contributed by atoms with Crippen molar-refractivity contribution in [1.29, 1.82) is 0 Å². The molecule has 14 heteroatoms. The topological polar surface area (TPSA) is 98.8 Å². The highest BCUT2D eigenvalue weighted by atomic mass is 32.2. The quantitative estimate of drug-likeness (QED) is 0.548. The normalized spacial score (nSPS) is 30.6. The molecule has 196 valence electrons. The zero-order valence-electron chi connectivity index (χ0n) is 18.8. The molecule has 5 atom stereocenters. The van der Waals surface area contributed by atoms with Gasteiger partial charge in [0.1, 0.15) is 22.8 Å². The van der Waals surface area contributed by atoms with Crippen LogP contribution in [0.1, 0.15) is 23.8 Å². The number of rotatable bonds is 5. The number of alkyl halides is 5. The maximum absolute atomic E-state index is 15.3. The number of amides is 1. The van der Waals surface area contributed by atoms with E-state index in [1.54, 1.807) is 6.92 Å². The monoisotopic (exact) mass is 536 g/mol. The second kappa shape index (κ2) is 9.96. The predicted molar refractivity (Wildman–Crippen MR) is 119 cm³/mol. The van der Waals surface area contributed by atoms with Crippen molar-refractivity contribution in [2.24, 2.45) is 28.5 Å². The zero-order chi connectivity index (χ0) is 26.3. The lowest BCUT2D eigenvalue weighted by Gasteiger charge is -2.51. The van der Waals surface area contributed by atoms with Crippen LogP contribution in [-0.2, 0) is 4.74 Å². The molecule has 3 aliphatic rings. The van der Waals surface area contributed by atoms with Gasteiger partial charge in [-0.1, -0.05) is 18.7 Å². The fourth-order valence-corrected chi connectivity index (χ4v) is 5.87. The fourth-order valence-electron chi connectivity index (χ4n) is 4.84. The number of hydrogen-bond donors (Lipinski definition) is 2. The highest BCUT2D eigenvalue weighted by Crippen LogP contribution is 2.52. The van der Waals surface area contributed by atoms with Gasteiger partial charge in [0, 0.05) is 23.3 Å². The number of pyridine rings is 1. The summed E-state index contributed by atoms with van der Waals surface area (Å²) in [5, 5.41) is 2.75. The molecule has 0 bridgehead atoms. The summed E-state index contributed by atoms with van der Waals surface area (Å²) in [6, 6.07) is 2.33. The van der Waals surface area contributed by atoms with Crippen LogP contribution in [0.4, 0.5) is 26.3 Å². The number of fused-ring (bicyclic) bond motifs is 1. The van der Waals surface area contributed by atoms with E-state index in [0.29, 0.717) is 0 Å². The van der Waals surface area contributed by atoms with Gasteiger partial charge in [-0.3, -0.25) is 9.79 Å². The number of nitrogens with one attached hydrogen (secondary N) is 1. The Balaban J connectivity index is 1.57. The Labute approximate surface area is 206 Å². The molecule has 0 saturated carbocycles. The van der Waals surface area contributed by atoms with Crippen LogP contribution < -0.4 is 15.8 Å². The van der Waals surface area contributed by atoms with E-state index >= 15 is 4.39 Å². The molecule has 1 aromatic rings. The molecule has 0 spiro atoms. The van der Waals surface area contributed by atoms with E-state index in [0.717, 1.165) is 30.1 Å². The summed E-state index contributed by atoms with van der Waals surface area (Å²) in [6.45, 7) is -1.93. The third-order valence-corrected chi connectivity index (χ3v) is 7.49. The van der Waals surface area contributed by atoms with E-state index in [4.69, 9.17) is 10.5 Å². The van der Waals surface area contributed by atoms with E-state index in [9.17, 15) is 26.7 Å². The summed E-state index contributed by atoms with van der Waals surface area (Å²) in [5.74, 6) is -3.79. The number of amidine groups is 1. The largest absolute Gasteiger partial charge is 0.433 e. The Morgan fingerprint density at radius 2 is 2.08 bits per heavy atom. The van der Waals surface area contributed by atoms with Crippen LogP contribution in [0.3, 0.4) is 0 Å². The number of aliphatic imine (C=N–C) groups is 1. The average Bonchev–Trinajstić information content (AvgIpc) is 2.80. The number of carbonyl (C=O) groups excluding carboxylic acids is 1. The van der Waals surface area contributed by atoms with Crippen molar-refractivity contribution in [3.8, 4) is 5.75 Å². The van der Waals surface area contributed by atoms with Crippen LogP contribution in [0.2, 0.25) is 0 Å². The summed E-state index contributed by atoms with van der Waals surface area (Å²) in [4.78, 5) is 21.0. The van der Waals surface area contributed by atoms with Gasteiger partial charge >= 0.3 is 12.8 Å². The minimum atomic E-state index is -4.57. The number of allylic oxidation sites excluding steroid dienone is 3. The van der Waals surface area contributed by atoms with Crippen LogP contribution in [0.5, 0.6) is 5.75 Å². The van der Waals surface area contributed by atoms with E-state index < -0.39 is 66.9 Å². The van der Waals surface area contributed by atoms with Crippen molar-refractivity contribution in [2.75, 3.05) is 12.4 Å². The Hall–Kier alpha value is -2.74. The second-order valence-corrected chi connectivity index (χ2v) is 9.72. The lowest BCUT2D eigenvalue weighted by molar-refractivity contribution is -0.247. The van der Waals surface area contributed by atoms with Crippen molar-refractivity contribution in [1.82, 2.24) is 10.3 Å². The molecule has 1 aliphatic carbocycles. The molecule has 36 heavy (non-hydrogen) atoms. The molecule has 7 nitrogen and oxygen atoms in total. The van der Waals surface area contributed by atoms with Gasteiger partial charge in [-0.2, -0.15) is 22.0 Å². The lowest BCUT2D eigenvalue weighted by Crippen LogP contribution is -2.60. The molecule has 1 amide bonds. The maximum Gasteiger partial charge on any atom is 0.414 e. The second-order valence-electron chi connectivity index (χ2n) is 8.68. The first kappa shape index (κ1) is 26.3. The van der Waals surface area contributed by atoms with Crippen LogP contribution >= 0.6 is 11.8 Å². The number of nitrogens with two attached hydrogens (primary N) is 1. The van der Waals surface area contributed by atoms with Crippen LogP contribution in [0.15, 0.2) is 47.0 Å². The summed E-state index contributed by atoms with van der Waals surface area (Å²) in [7, 11) is 0. The van der Waals surface area contributed by atoms with Gasteiger partial charge in [0.15, 0.2) is 11.3 Å². The third-order valence-electron chi connectivity index (χ3n) is 6.54. The Morgan fingerprint density at radius 1 is 1.33 bits per heavy atom. The Bertz CT molecular complexity index is 1090. The molecule has 2 aliphatic heterocycles. The molecule has 0 radical (unpaired) electrons. The van der Waals surface area contributed by atoms with Gasteiger partial charge in [-0.15, -0.1) is 0 Å². The van der Waals surface area contributed by atoms with Crippen LogP contribution in [0, 0.1) is 17.8 Å². The van der Waals surface area contributed by atoms with Crippen molar-refractivity contribution >= 4 is 22.8 Å². The van der Waals surface area contributed by atoms with Gasteiger partial charge in [0.05, 0.1) is 12.8 Å². The van der Waals surface area contributed by atoms with E-state index in [2.05, 4.69) is 20.0 Å². The fraction of sp³-hybridized carbons (Fsp3) is 0.500. The molecule has 5 unspecified atom stereocenters. The van der Waals surface area contributed by atoms with Crippen molar-refractivity contribution in [3.05, 3.63) is 47.7 Å². The highest BCUT2D eigenvalue weighted by molar-refractivity contribution is 8.13. The number of thioether (sulfide) groups is 1. The molecular formula is C22H22F6N4O3S. The standard InChI is InChI=1S/C22H22F6N4O3S/c1-10-14(31-18(33)15-4-2-12(7-30-15)35-19(24)25)5-3-13(23)17(10)21-9-34-16(22(26,27)28)6-11(21)8-36-20(29)32-21/h2-5,7,10-11,16-17,19H,6,8-9H2,1H3,(H2,29,32)(H,31,33). The number of hydrogen-bond acceptors (Lipinski definition) is 7. The molecule has 1 fully saturated rings. The minimum Gasteiger partial charge on any atom is -0.433 e. The molecule has 3 heterocycles. The zero-order valence-corrected chi connectivity index (χ0v) is 19.6.